The van der Waals surface area contributed by atoms with Gasteiger partial charge in [0.1, 0.15) is 11.9 Å². The lowest BCUT2D eigenvalue weighted by Gasteiger charge is -2.15. The molecule has 0 aliphatic heterocycles. The highest BCUT2D eigenvalue weighted by molar-refractivity contribution is 9.10. The largest absolute Gasteiger partial charge is 0.480 e. The number of aliphatic carboxylic acids is 1. The molecule has 1 aromatic carbocycles. The van der Waals surface area contributed by atoms with Crippen LogP contribution in [0.25, 0.3) is 0 Å². The molecule has 0 fully saturated rings. The zero-order valence-electron chi connectivity index (χ0n) is 11.8. The molecule has 0 aliphatic carbocycles. The Bertz CT molecular complexity index is 712. The summed E-state index contributed by atoms with van der Waals surface area (Å²) in [4.78, 5) is 27.1. The number of rotatable bonds is 5. The second-order valence-corrected chi connectivity index (χ2v) is 5.55. The van der Waals surface area contributed by atoms with Crippen molar-refractivity contribution >= 4 is 33.6 Å². The number of pyridine rings is 1. The Labute approximate surface area is 139 Å². The standard InChI is InChI=1S/C15H13BrFN3O3/c16-9-4-5-12(11(17)7-9)19-15(23)20-13(14(21)22)8-10-3-1-2-6-18-10/h1-7,13H,8H2,(H,21,22)(H2,19,20,23). The summed E-state index contributed by atoms with van der Waals surface area (Å²) >= 11 is 3.11. The van der Waals surface area contributed by atoms with Crippen LogP contribution in [-0.2, 0) is 11.2 Å². The fourth-order valence-corrected chi connectivity index (χ4v) is 2.17. The molecule has 8 heteroatoms. The lowest BCUT2D eigenvalue weighted by atomic mass is 10.1. The number of carbonyl (C=O) groups is 2. The average molecular weight is 382 g/mol. The molecule has 1 unspecified atom stereocenters. The van der Waals surface area contributed by atoms with Crippen LogP contribution >= 0.6 is 15.9 Å². The van der Waals surface area contributed by atoms with Crippen molar-refractivity contribution in [2.45, 2.75) is 12.5 Å². The maximum Gasteiger partial charge on any atom is 0.326 e. The number of hydrogen-bond donors (Lipinski definition) is 3. The van der Waals surface area contributed by atoms with Crippen LogP contribution in [0.1, 0.15) is 5.69 Å². The molecule has 2 aromatic rings. The average Bonchev–Trinajstić information content (AvgIpc) is 2.50. The molecule has 0 spiro atoms. The Balaban J connectivity index is 2.02. The first-order valence-corrected chi connectivity index (χ1v) is 7.40. The summed E-state index contributed by atoms with van der Waals surface area (Å²) in [7, 11) is 0. The molecular weight excluding hydrogens is 369 g/mol. The minimum Gasteiger partial charge on any atom is -0.480 e. The van der Waals surface area contributed by atoms with Gasteiger partial charge in [0.25, 0.3) is 0 Å². The number of urea groups is 1. The molecule has 6 nitrogen and oxygen atoms in total. The van der Waals surface area contributed by atoms with Gasteiger partial charge in [-0.05, 0) is 30.3 Å². The van der Waals surface area contributed by atoms with E-state index in [1.807, 2.05) is 0 Å². The zero-order valence-corrected chi connectivity index (χ0v) is 13.4. The third kappa shape index (κ3) is 5.03. The third-order valence-electron chi connectivity index (χ3n) is 2.92. The van der Waals surface area contributed by atoms with Crippen molar-refractivity contribution in [1.29, 1.82) is 0 Å². The number of nitrogens with zero attached hydrogens (tertiary/aromatic N) is 1. The van der Waals surface area contributed by atoms with Gasteiger partial charge in [0.15, 0.2) is 0 Å². The lowest BCUT2D eigenvalue weighted by Crippen LogP contribution is -2.44. The number of hydrogen-bond acceptors (Lipinski definition) is 3. The van der Waals surface area contributed by atoms with E-state index in [9.17, 15) is 19.1 Å². The Morgan fingerprint density at radius 3 is 2.70 bits per heavy atom. The molecule has 0 aliphatic rings. The Kier molecular flexibility index (Phi) is 5.64. The molecule has 1 aromatic heterocycles. The summed E-state index contributed by atoms with van der Waals surface area (Å²) < 4.78 is 14.2. The van der Waals surface area contributed by atoms with E-state index >= 15 is 0 Å². The molecule has 0 saturated carbocycles. The van der Waals surface area contributed by atoms with Crippen LogP contribution in [0.15, 0.2) is 47.1 Å². The first kappa shape index (κ1) is 16.9. The first-order valence-electron chi connectivity index (χ1n) is 6.61. The molecule has 1 heterocycles. The van der Waals surface area contributed by atoms with Gasteiger partial charge in [-0.3, -0.25) is 4.98 Å². The highest BCUT2D eigenvalue weighted by atomic mass is 79.9. The number of halogens is 2. The fourth-order valence-electron chi connectivity index (χ4n) is 1.84. The molecule has 120 valence electrons. The van der Waals surface area contributed by atoms with E-state index < -0.39 is 23.9 Å². The van der Waals surface area contributed by atoms with Gasteiger partial charge in [-0.25, -0.2) is 14.0 Å². The van der Waals surface area contributed by atoms with Gasteiger partial charge in [-0.2, -0.15) is 0 Å². The maximum absolute atomic E-state index is 13.7. The molecule has 3 N–H and O–H groups in total. The predicted octanol–water partition coefficient (Wildman–Crippen LogP) is 2.80. The van der Waals surface area contributed by atoms with Gasteiger partial charge in [0.2, 0.25) is 0 Å². The molecule has 2 amide bonds. The minimum atomic E-state index is -1.21. The van der Waals surface area contributed by atoms with Crippen molar-refractivity contribution in [1.82, 2.24) is 10.3 Å². The summed E-state index contributed by atoms with van der Waals surface area (Å²) in [6.07, 6.45) is 1.55. The molecule has 2 rings (SSSR count). The van der Waals surface area contributed by atoms with Crippen LogP contribution < -0.4 is 10.6 Å². The molecule has 0 radical (unpaired) electrons. The van der Waals surface area contributed by atoms with E-state index in [0.29, 0.717) is 10.2 Å². The summed E-state index contributed by atoms with van der Waals surface area (Å²) in [6, 6.07) is 7.21. The minimum absolute atomic E-state index is 0.0203. The second-order valence-electron chi connectivity index (χ2n) is 4.64. The SMILES string of the molecule is O=C(Nc1ccc(Br)cc1F)NC(Cc1ccccn1)C(=O)O. The highest BCUT2D eigenvalue weighted by Crippen LogP contribution is 2.19. The summed E-state index contributed by atoms with van der Waals surface area (Å²) in [6.45, 7) is 0. The van der Waals surface area contributed by atoms with Gasteiger partial charge in [0.05, 0.1) is 5.69 Å². The second kappa shape index (κ2) is 7.68. The monoisotopic (exact) mass is 381 g/mol. The quantitative estimate of drug-likeness (QED) is 0.742. The van der Waals surface area contributed by atoms with Crippen LogP contribution in [0.2, 0.25) is 0 Å². The van der Waals surface area contributed by atoms with Crippen molar-refractivity contribution in [3.8, 4) is 0 Å². The van der Waals surface area contributed by atoms with Crippen LogP contribution in [0.4, 0.5) is 14.9 Å². The van der Waals surface area contributed by atoms with Gasteiger partial charge >= 0.3 is 12.0 Å². The van der Waals surface area contributed by atoms with Gasteiger partial charge in [-0.1, -0.05) is 22.0 Å². The van der Waals surface area contributed by atoms with Crippen LogP contribution in [0.3, 0.4) is 0 Å². The fraction of sp³-hybridized carbons (Fsp3) is 0.133. The van der Waals surface area contributed by atoms with E-state index in [1.165, 1.54) is 18.3 Å². The van der Waals surface area contributed by atoms with Crippen molar-refractivity contribution in [3.63, 3.8) is 0 Å². The van der Waals surface area contributed by atoms with Crippen LogP contribution in [0.5, 0.6) is 0 Å². The Morgan fingerprint density at radius 2 is 2.09 bits per heavy atom. The predicted molar refractivity (Wildman–Crippen MR) is 85.6 cm³/mol. The Morgan fingerprint density at radius 1 is 1.30 bits per heavy atom. The van der Waals surface area contributed by atoms with E-state index in [0.717, 1.165) is 0 Å². The van der Waals surface area contributed by atoms with Gasteiger partial charge < -0.3 is 15.7 Å². The molecule has 0 saturated heterocycles. The van der Waals surface area contributed by atoms with Gasteiger partial charge in [0, 0.05) is 22.8 Å². The normalized spacial score (nSPS) is 11.6. The summed E-state index contributed by atoms with van der Waals surface area (Å²) in [5, 5.41) is 13.8. The smallest absolute Gasteiger partial charge is 0.326 e. The number of carboxylic acid groups (broad SMARTS) is 1. The van der Waals surface area contributed by atoms with Crippen molar-refractivity contribution in [2.75, 3.05) is 5.32 Å². The number of carboxylic acids is 1. The summed E-state index contributed by atoms with van der Waals surface area (Å²) in [5.41, 5.74) is 0.475. The van der Waals surface area contributed by atoms with Crippen molar-refractivity contribution in [3.05, 3.63) is 58.6 Å². The van der Waals surface area contributed by atoms with Crippen LogP contribution in [0, 0.1) is 5.82 Å². The third-order valence-corrected chi connectivity index (χ3v) is 3.42. The molecule has 0 bridgehead atoms. The van der Waals surface area contributed by atoms with E-state index in [1.54, 1.807) is 24.3 Å². The van der Waals surface area contributed by atoms with Crippen LogP contribution in [-0.4, -0.2) is 28.1 Å². The number of anilines is 1. The maximum atomic E-state index is 13.7. The van der Waals surface area contributed by atoms with Gasteiger partial charge in [-0.15, -0.1) is 0 Å². The molecular formula is C15H13BrFN3O3. The number of carbonyl (C=O) groups excluding carboxylic acids is 1. The molecule has 23 heavy (non-hydrogen) atoms. The first-order chi connectivity index (χ1) is 11.0. The topological polar surface area (TPSA) is 91.3 Å². The molecule has 1 atom stereocenters. The zero-order chi connectivity index (χ0) is 16.8. The number of amides is 2. The summed E-state index contributed by atoms with van der Waals surface area (Å²) in [5.74, 6) is -1.84. The van der Waals surface area contributed by atoms with E-state index in [2.05, 4.69) is 31.5 Å². The lowest BCUT2D eigenvalue weighted by molar-refractivity contribution is -0.139. The Hall–Kier alpha value is -2.48. The van der Waals surface area contributed by atoms with Crippen molar-refractivity contribution in [2.24, 2.45) is 0 Å². The van der Waals surface area contributed by atoms with E-state index in [4.69, 9.17) is 0 Å². The number of nitrogens with one attached hydrogen (secondary N) is 2. The number of benzene rings is 1. The number of aromatic nitrogens is 1. The highest BCUT2D eigenvalue weighted by Gasteiger charge is 2.21. The van der Waals surface area contributed by atoms with E-state index in [-0.39, 0.29) is 12.1 Å². The van der Waals surface area contributed by atoms with Crippen molar-refractivity contribution < 1.29 is 19.1 Å².